The van der Waals surface area contributed by atoms with Crippen molar-refractivity contribution in [3.8, 4) is 5.75 Å². The number of nitrogens with one attached hydrogen (secondary N) is 1. The molecule has 0 bridgehead atoms. The van der Waals surface area contributed by atoms with Gasteiger partial charge in [0.2, 0.25) is 0 Å². The minimum Gasteiger partial charge on any atom is -0.483 e. The number of amidine groups is 1. The molecule has 1 amide bonds. The van der Waals surface area contributed by atoms with Crippen LogP contribution in [0.15, 0.2) is 64.3 Å². The third-order valence-corrected chi connectivity index (χ3v) is 6.61. The van der Waals surface area contributed by atoms with Crippen molar-refractivity contribution in [1.82, 2.24) is 4.90 Å². The lowest BCUT2D eigenvalue weighted by Crippen LogP contribution is -2.34. The maximum Gasteiger partial charge on any atom is 0.338 e. The molecule has 2 aliphatic rings. The number of rotatable bonds is 7. The number of halogens is 1. The number of benzene rings is 2. The van der Waals surface area contributed by atoms with Gasteiger partial charge in [0, 0.05) is 22.5 Å². The van der Waals surface area contributed by atoms with Crippen LogP contribution in [0.1, 0.15) is 36.6 Å². The largest absolute Gasteiger partial charge is 0.483 e. The topological polar surface area (TPSA) is 80.2 Å². The first-order valence-corrected chi connectivity index (χ1v) is 12.4. The Morgan fingerprint density at radius 3 is 2.74 bits per heavy atom. The molecule has 0 radical (unpaired) electrons. The second kappa shape index (κ2) is 10.6. The van der Waals surface area contributed by atoms with Crippen LogP contribution in [0.2, 0.25) is 5.02 Å². The number of hydrogen-bond acceptors (Lipinski definition) is 7. The number of esters is 1. The number of fused-ring (bicyclic) bond motifs is 1. The Labute approximate surface area is 213 Å². The van der Waals surface area contributed by atoms with Crippen LogP contribution >= 0.6 is 23.4 Å². The fourth-order valence-electron chi connectivity index (χ4n) is 3.94. The molecule has 2 aromatic carbocycles. The summed E-state index contributed by atoms with van der Waals surface area (Å²) in [7, 11) is 0. The minimum absolute atomic E-state index is 0.211. The third-order valence-electron chi connectivity index (χ3n) is 5.61. The van der Waals surface area contributed by atoms with Gasteiger partial charge in [-0.05, 0) is 68.5 Å². The lowest BCUT2D eigenvalue weighted by molar-refractivity contribution is -0.139. The highest BCUT2D eigenvalue weighted by Crippen LogP contribution is 2.44. The molecule has 0 aromatic heterocycles. The predicted octanol–water partition coefficient (Wildman–Crippen LogP) is 5.74. The number of ether oxygens (including phenoxy) is 2. The molecule has 0 fully saturated rings. The van der Waals surface area contributed by atoms with Gasteiger partial charge in [0.05, 0.1) is 23.9 Å². The van der Waals surface area contributed by atoms with Gasteiger partial charge in [0.1, 0.15) is 5.75 Å². The van der Waals surface area contributed by atoms with E-state index in [2.05, 4.69) is 10.3 Å². The molecule has 0 spiro atoms. The summed E-state index contributed by atoms with van der Waals surface area (Å²) in [4.78, 5) is 32.1. The third kappa shape index (κ3) is 5.39. The van der Waals surface area contributed by atoms with Crippen LogP contribution in [0.4, 0.5) is 5.69 Å². The van der Waals surface area contributed by atoms with E-state index >= 15 is 0 Å². The number of amides is 1. The molecule has 1 N–H and O–H groups in total. The number of nitrogens with zero attached hydrogens (tertiary/aromatic N) is 2. The van der Waals surface area contributed by atoms with E-state index in [1.54, 1.807) is 32.0 Å². The van der Waals surface area contributed by atoms with Gasteiger partial charge in [-0.15, -0.1) is 0 Å². The normalized spacial score (nSPS) is 16.7. The lowest BCUT2D eigenvalue weighted by atomic mass is 9.94. The zero-order valence-electron chi connectivity index (χ0n) is 19.9. The first-order valence-electron chi connectivity index (χ1n) is 11.2. The number of thioether (sulfide) groups is 1. The quantitative estimate of drug-likeness (QED) is 0.477. The van der Waals surface area contributed by atoms with Crippen molar-refractivity contribution in [1.29, 1.82) is 0 Å². The first kappa shape index (κ1) is 24.9. The number of carbonyl (C=O) groups is 2. The molecular formula is C26H26ClN3O4S. The standard InChI is InChI=1S/C26H26ClN3O4S/c1-5-33-25(32)23-17(4)28-26-30(10-11-35-26)24(23)19-13-18(27)8-9-21(19)34-14-22(31)29-20-12-15(2)6-7-16(20)3/h6-13,24H,5,14H2,1-4H3,(H,29,31)/t24-/m0/s1. The molecule has 0 unspecified atom stereocenters. The molecular weight excluding hydrogens is 486 g/mol. The summed E-state index contributed by atoms with van der Waals surface area (Å²) in [5.74, 6) is -0.308. The first-order chi connectivity index (χ1) is 16.8. The lowest BCUT2D eigenvalue weighted by Gasteiger charge is -2.34. The summed E-state index contributed by atoms with van der Waals surface area (Å²) in [6, 6.07) is 10.4. The highest BCUT2D eigenvalue weighted by Gasteiger charge is 2.39. The van der Waals surface area contributed by atoms with Crippen LogP contribution in [0.5, 0.6) is 5.75 Å². The van der Waals surface area contributed by atoms with E-state index in [9.17, 15) is 9.59 Å². The fraction of sp³-hybridized carbons (Fsp3) is 0.269. The SMILES string of the molecule is CCOC(=O)C1=C(C)N=C2SC=CN2[C@H]1c1cc(Cl)ccc1OCC(=O)Nc1cc(C)ccc1C. The molecule has 4 rings (SSSR count). The number of hydrogen-bond donors (Lipinski definition) is 1. The van der Waals surface area contributed by atoms with Crippen molar-refractivity contribution in [3.05, 3.63) is 81.0 Å². The maximum atomic E-state index is 13.0. The average Bonchev–Trinajstić information content (AvgIpc) is 3.28. The minimum atomic E-state index is -0.566. The molecule has 1 atom stereocenters. The second-order valence-electron chi connectivity index (χ2n) is 8.16. The molecule has 0 aliphatic carbocycles. The summed E-state index contributed by atoms with van der Waals surface area (Å²) in [5.41, 5.74) is 4.35. The van der Waals surface area contributed by atoms with Gasteiger partial charge in [0.25, 0.3) is 5.91 Å². The Morgan fingerprint density at radius 2 is 1.97 bits per heavy atom. The zero-order chi connectivity index (χ0) is 25.1. The monoisotopic (exact) mass is 511 g/mol. The molecule has 7 nitrogen and oxygen atoms in total. The van der Waals surface area contributed by atoms with Gasteiger partial charge in [-0.3, -0.25) is 4.79 Å². The summed E-state index contributed by atoms with van der Waals surface area (Å²) in [6.45, 7) is 7.47. The number of carbonyl (C=O) groups excluding carboxylic acids is 2. The van der Waals surface area contributed by atoms with Crippen LogP contribution in [0, 0.1) is 13.8 Å². The number of aryl methyl sites for hydroxylation is 2. The van der Waals surface area contributed by atoms with Crippen LogP contribution < -0.4 is 10.1 Å². The smallest absolute Gasteiger partial charge is 0.338 e. The Bertz CT molecular complexity index is 1270. The molecule has 35 heavy (non-hydrogen) atoms. The number of anilines is 1. The van der Waals surface area contributed by atoms with E-state index in [1.165, 1.54) is 11.8 Å². The van der Waals surface area contributed by atoms with Crippen LogP contribution in [0.25, 0.3) is 0 Å². The van der Waals surface area contributed by atoms with E-state index in [4.69, 9.17) is 21.1 Å². The summed E-state index contributed by atoms with van der Waals surface area (Å²) >= 11 is 7.83. The van der Waals surface area contributed by atoms with Crippen molar-refractivity contribution in [2.75, 3.05) is 18.5 Å². The molecule has 0 saturated heterocycles. The Hall–Kier alpha value is -3.23. The van der Waals surface area contributed by atoms with Crippen LogP contribution in [-0.4, -0.2) is 35.2 Å². The fourth-order valence-corrected chi connectivity index (χ4v) is 4.91. The van der Waals surface area contributed by atoms with E-state index in [0.29, 0.717) is 27.6 Å². The molecule has 0 saturated carbocycles. The Morgan fingerprint density at radius 1 is 1.17 bits per heavy atom. The highest BCUT2D eigenvalue weighted by atomic mass is 35.5. The number of allylic oxidation sites excluding steroid dienone is 1. The van der Waals surface area contributed by atoms with Crippen molar-refractivity contribution in [2.24, 2.45) is 4.99 Å². The van der Waals surface area contributed by atoms with E-state index in [-0.39, 0.29) is 19.1 Å². The van der Waals surface area contributed by atoms with E-state index in [0.717, 1.165) is 22.0 Å². The van der Waals surface area contributed by atoms with E-state index < -0.39 is 12.0 Å². The molecule has 182 valence electrons. The van der Waals surface area contributed by atoms with Gasteiger partial charge < -0.3 is 19.7 Å². The van der Waals surface area contributed by atoms with Crippen LogP contribution in [-0.2, 0) is 14.3 Å². The highest BCUT2D eigenvalue weighted by molar-refractivity contribution is 8.16. The molecule has 2 heterocycles. The molecule has 9 heteroatoms. The van der Waals surface area contributed by atoms with Gasteiger partial charge >= 0.3 is 5.97 Å². The Kier molecular flexibility index (Phi) is 7.52. The van der Waals surface area contributed by atoms with Gasteiger partial charge in [0.15, 0.2) is 11.8 Å². The summed E-state index contributed by atoms with van der Waals surface area (Å²) in [6.07, 6.45) is 1.86. The zero-order valence-corrected chi connectivity index (χ0v) is 21.5. The van der Waals surface area contributed by atoms with Crippen molar-refractivity contribution < 1.29 is 19.1 Å². The molecule has 2 aliphatic heterocycles. The summed E-state index contributed by atoms with van der Waals surface area (Å²) in [5, 5.41) is 6.02. The second-order valence-corrected chi connectivity index (χ2v) is 9.47. The van der Waals surface area contributed by atoms with Gasteiger partial charge in [-0.2, -0.15) is 0 Å². The van der Waals surface area contributed by atoms with E-state index in [1.807, 2.05) is 48.6 Å². The Balaban J connectivity index is 1.64. The average molecular weight is 512 g/mol. The van der Waals surface area contributed by atoms with Crippen molar-refractivity contribution in [3.63, 3.8) is 0 Å². The van der Waals surface area contributed by atoms with Crippen molar-refractivity contribution >= 4 is 46.1 Å². The van der Waals surface area contributed by atoms with Gasteiger partial charge in [-0.25, -0.2) is 9.79 Å². The summed E-state index contributed by atoms with van der Waals surface area (Å²) < 4.78 is 11.3. The van der Waals surface area contributed by atoms with Crippen LogP contribution in [0.3, 0.4) is 0 Å². The van der Waals surface area contributed by atoms with Crippen molar-refractivity contribution in [2.45, 2.75) is 33.7 Å². The number of aliphatic imine (C=N–C) groups is 1. The molecule has 2 aromatic rings. The predicted molar refractivity (Wildman–Crippen MR) is 140 cm³/mol. The van der Waals surface area contributed by atoms with Gasteiger partial charge in [-0.1, -0.05) is 35.5 Å². The maximum absolute atomic E-state index is 13.0.